The molecule has 2 amide bonds. The molecule has 0 saturated heterocycles. The zero-order chi connectivity index (χ0) is 15.0. The van der Waals surface area contributed by atoms with Crippen molar-refractivity contribution in [3.63, 3.8) is 0 Å². The van der Waals surface area contributed by atoms with Gasteiger partial charge in [-0.3, -0.25) is 9.59 Å². The smallest absolute Gasteiger partial charge is 0.246 e. The Hall–Kier alpha value is -2.30. The molecule has 0 aliphatic carbocycles. The van der Waals surface area contributed by atoms with Gasteiger partial charge in [0.2, 0.25) is 11.8 Å². The van der Waals surface area contributed by atoms with Gasteiger partial charge in [0.25, 0.3) is 0 Å². The van der Waals surface area contributed by atoms with Crippen LogP contribution in [0.25, 0.3) is 0 Å². The van der Waals surface area contributed by atoms with E-state index in [0.29, 0.717) is 12.1 Å². The number of carbonyl (C=O) groups excluding carboxylic acids is 2. The number of methoxy groups -OCH3 is 1. The molecule has 5 nitrogen and oxygen atoms in total. The van der Waals surface area contributed by atoms with E-state index >= 15 is 0 Å². The molecule has 0 fully saturated rings. The Bertz CT molecular complexity index is 492. The Balaban J connectivity index is 2.37. The highest BCUT2D eigenvalue weighted by atomic mass is 16.5. The maximum atomic E-state index is 11.7. The van der Waals surface area contributed by atoms with Crippen molar-refractivity contribution in [2.75, 3.05) is 13.7 Å². The van der Waals surface area contributed by atoms with Crippen molar-refractivity contribution in [2.45, 2.75) is 19.8 Å². The number of benzene rings is 1. The van der Waals surface area contributed by atoms with Crippen LogP contribution in [0.2, 0.25) is 0 Å². The second-order valence-corrected chi connectivity index (χ2v) is 4.41. The predicted molar refractivity (Wildman–Crippen MR) is 77.3 cm³/mol. The van der Waals surface area contributed by atoms with Gasteiger partial charge in [0.05, 0.1) is 7.11 Å². The number of nitrogens with two attached hydrogens (primary N) is 1. The quantitative estimate of drug-likeness (QED) is 0.734. The van der Waals surface area contributed by atoms with Crippen molar-refractivity contribution in [2.24, 2.45) is 5.73 Å². The summed E-state index contributed by atoms with van der Waals surface area (Å²) in [4.78, 5) is 22.3. The topological polar surface area (TPSA) is 81.4 Å². The fourth-order valence-electron chi connectivity index (χ4n) is 1.60. The van der Waals surface area contributed by atoms with Crippen LogP contribution < -0.4 is 15.8 Å². The first-order chi connectivity index (χ1) is 9.52. The lowest BCUT2D eigenvalue weighted by atomic mass is 10.1. The second kappa shape index (κ2) is 7.99. The number of carbonyl (C=O) groups is 2. The lowest BCUT2D eigenvalue weighted by Gasteiger charge is -2.06. The molecule has 0 aliphatic heterocycles. The summed E-state index contributed by atoms with van der Waals surface area (Å²) >= 11 is 0. The maximum Gasteiger partial charge on any atom is 0.246 e. The fourth-order valence-corrected chi connectivity index (χ4v) is 1.60. The van der Waals surface area contributed by atoms with Crippen LogP contribution in [0.15, 0.2) is 35.9 Å². The van der Waals surface area contributed by atoms with Crippen molar-refractivity contribution >= 4 is 11.8 Å². The van der Waals surface area contributed by atoms with Gasteiger partial charge < -0.3 is 15.8 Å². The number of primary amides is 1. The van der Waals surface area contributed by atoms with E-state index in [0.717, 1.165) is 17.7 Å². The molecule has 1 aromatic rings. The Labute approximate surface area is 118 Å². The lowest BCUT2D eigenvalue weighted by Crippen LogP contribution is -2.26. The lowest BCUT2D eigenvalue weighted by molar-refractivity contribution is -0.117. The highest BCUT2D eigenvalue weighted by molar-refractivity contribution is 5.93. The highest BCUT2D eigenvalue weighted by Crippen LogP contribution is 2.11. The van der Waals surface area contributed by atoms with Gasteiger partial charge in [-0.1, -0.05) is 18.2 Å². The third-order valence-electron chi connectivity index (χ3n) is 2.83. The van der Waals surface area contributed by atoms with Gasteiger partial charge in [0.15, 0.2) is 0 Å². The molecule has 0 radical (unpaired) electrons. The van der Waals surface area contributed by atoms with E-state index in [1.807, 2.05) is 24.3 Å². The molecule has 0 atom stereocenters. The van der Waals surface area contributed by atoms with Crippen molar-refractivity contribution in [1.29, 1.82) is 0 Å². The Morgan fingerprint density at radius 2 is 1.95 bits per heavy atom. The van der Waals surface area contributed by atoms with Crippen LogP contribution in [-0.4, -0.2) is 25.5 Å². The van der Waals surface area contributed by atoms with E-state index in [1.165, 1.54) is 6.08 Å². The molecule has 0 aliphatic rings. The molecule has 0 bridgehead atoms. The van der Waals surface area contributed by atoms with Gasteiger partial charge in [0.1, 0.15) is 5.75 Å². The Morgan fingerprint density at radius 1 is 1.30 bits per heavy atom. The summed E-state index contributed by atoms with van der Waals surface area (Å²) in [5.74, 6) is 0.179. The molecule has 0 aromatic heterocycles. The average Bonchev–Trinajstić information content (AvgIpc) is 2.45. The largest absolute Gasteiger partial charge is 0.497 e. The standard InChI is InChI=1S/C15H20N2O3/c1-11(3-8-14(16)18)15(19)17-10-9-12-4-6-13(20-2)7-5-12/h3-7H,8-10H2,1-2H3,(H2,16,18)(H,17,19)/b11-3+. The number of amides is 2. The van der Waals surface area contributed by atoms with Crippen LogP contribution in [0.5, 0.6) is 5.75 Å². The summed E-state index contributed by atoms with van der Waals surface area (Å²) < 4.78 is 5.07. The zero-order valence-electron chi connectivity index (χ0n) is 11.8. The summed E-state index contributed by atoms with van der Waals surface area (Å²) in [7, 11) is 1.62. The molecule has 20 heavy (non-hydrogen) atoms. The molecule has 1 aromatic carbocycles. The Kier molecular flexibility index (Phi) is 6.29. The van der Waals surface area contributed by atoms with E-state index in [9.17, 15) is 9.59 Å². The summed E-state index contributed by atoms with van der Waals surface area (Å²) in [5.41, 5.74) is 6.63. The molecule has 0 spiro atoms. The minimum atomic E-state index is -0.449. The second-order valence-electron chi connectivity index (χ2n) is 4.41. The van der Waals surface area contributed by atoms with Crippen LogP contribution in [0.1, 0.15) is 18.9 Å². The van der Waals surface area contributed by atoms with Gasteiger partial charge in [-0.2, -0.15) is 0 Å². The van der Waals surface area contributed by atoms with E-state index in [1.54, 1.807) is 14.0 Å². The summed E-state index contributed by atoms with van der Waals surface area (Å²) in [6.07, 6.45) is 2.35. The SMILES string of the molecule is COc1ccc(CCNC(=O)/C(C)=C/CC(N)=O)cc1. The molecule has 3 N–H and O–H groups in total. The number of ether oxygens (including phenoxy) is 1. The number of rotatable bonds is 7. The Morgan fingerprint density at radius 3 is 2.50 bits per heavy atom. The maximum absolute atomic E-state index is 11.7. The van der Waals surface area contributed by atoms with Gasteiger partial charge in [-0.25, -0.2) is 0 Å². The summed E-state index contributed by atoms with van der Waals surface area (Å²) in [5, 5.41) is 2.79. The summed E-state index contributed by atoms with van der Waals surface area (Å²) in [6, 6.07) is 7.69. The van der Waals surface area contributed by atoms with E-state index < -0.39 is 5.91 Å². The number of hydrogen-bond donors (Lipinski definition) is 2. The third kappa shape index (κ3) is 5.56. The predicted octanol–water partition coefficient (Wildman–Crippen LogP) is 1.18. The normalized spacial score (nSPS) is 11.0. The van der Waals surface area contributed by atoms with Crippen molar-refractivity contribution in [3.05, 3.63) is 41.5 Å². The van der Waals surface area contributed by atoms with Crippen LogP contribution in [-0.2, 0) is 16.0 Å². The first-order valence-corrected chi connectivity index (χ1v) is 6.39. The molecule has 0 heterocycles. The van der Waals surface area contributed by atoms with Gasteiger partial charge in [-0.15, -0.1) is 0 Å². The molecule has 108 valence electrons. The van der Waals surface area contributed by atoms with E-state index in [2.05, 4.69) is 5.32 Å². The van der Waals surface area contributed by atoms with Crippen molar-refractivity contribution in [1.82, 2.24) is 5.32 Å². The molecule has 1 rings (SSSR count). The molecular weight excluding hydrogens is 256 g/mol. The number of nitrogens with one attached hydrogen (secondary N) is 1. The molecule has 0 saturated carbocycles. The minimum absolute atomic E-state index is 0.0811. The van der Waals surface area contributed by atoms with Crippen molar-refractivity contribution in [3.8, 4) is 5.75 Å². The van der Waals surface area contributed by atoms with Crippen LogP contribution in [0, 0.1) is 0 Å². The molecule has 0 unspecified atom stereocenters. The fraction of sp³-hybridized carbons (Fsp3) is 0.333. The zero-order valence-corrected chi connectivity index (χ0v) is 11.8. The molecule has 5 heteroatoms. The van der Waals surface area contributed by atoms with Crippen LogP contribution in [0.4, 0.5) is 0 Å². The highest BCUT2D eigenvalue weighted by Gasteiger charge is 2.04. The van der Waals surface area contributed by atoms with E-state index in [4.69, 9.17) is 10.5 Å². The van der Waals surface area contributed by atoms with Crippen LogP contribution >= 0.6 is 0 Å². The average molecular weight is 276 g/mol. The first kappa shape index (κ1) is 15.8. The third-order valence-corrected chi connectivity index (χ3v) is 2.83. The molecular formula is C15H20N2O3. The van der Waals surface area contributed by atoms with Gasteiger partial charge in [-0.05, 0) is 31.0 Å². The van der Waals surface area contributed by atoms with Gasteiger partial charge in [0, 0.05) is 18.5 Å². The van der Waals surface area contributed by atoms with Crippen molar-refractivity contribution < 1.29 is 14.3 Å². The van der Waals surface area contributed by atoms with E-state index in [-0.39, 0.29) is 12.3 Å². The first-order valence-electron chi connectivity index (χ1n) is 6.39. The number of hydrogen-bond acceptors (Lipinski definition) is 3. The summed E-state index contributed by atoms with van der Waals surface area (Å²) in [6.45, 7) is 2.19. The minimum Gasteiger partial charge on any atom is -0.497 e. The van der Waals surface area contributed by atoms with Gasteiger partial charge >= 0.3 is 0 Å². The monoisotopic (exact) mass is 276 g/mol. The van der Waals surface area contributed by atoms with Crippen LogP contribution in [0.3, 0.4) is 0 Å².